The number of carboxylic acid groups (broad SMARTS) is 1. The van der Waals surface area contributed by atoms with Gasteiger partial charge < -0.3 is 14.4 Å². The lowest BCUT2D eigenvalue weighted by Crippen LogP contribution is -2.12. The molecule has 0 aromatic carbocycles. The maximum absolute atomic E-state index is 10.9. The van der Waals surface area contributed by atoms with E-state index in [4.69, 9.17) is 9.84 Å². The number of hydrogen-bond acceptors (Lipinski definition) is 4. The first-order chi connectivity index (χ1) is 8.22. The van der Waals surface area contributed by atoms with E-state index in [0.29, 0.717) is 19.6 Å². The van der Waals surface area contributed by atoms with E-state index in [-0.39, 0.29) is 11.8 Å². The van der Waals surface area contributed by atoms with Gasteiger partial charge in [0.25, 0.3) is 0 Å². The van der Waals surface area contributed by atoms with Gasteiger partial charge in [0.15, 0.2) is 0 Å². The van der Waals surface area contributed by atoms with Crippen LogP contribution in [-0.4, -0.2) is 39.6 Å². The van der Waals surface area contributed by atoms with E-state index in [1.165, 1.54) is 0 Å². The lowest BCUT2D eigenvalue weighted by Gasteiger charge is -2.11. The van der Waals surface area contributed by atoms with Crippen LogP contribution in [0.2, 0.25) is 0 Å². The minimum atomic E-state index is -0.699. The number of nitrogens with zero attached hydrogens (tertiary/aromatic N) is 3. The Balaban J connectivity index is 2.03. The van der Waals surface area contributed by atoms with Gasteiger partial charge in [-0.1, -0.05) is 0 Å². The number of aromatic nitrogens is 3. The summed E-state index contributed by atoms with van der Waals surface area (Å²) in [6.45, 7) is 1.33. The summed E-state index contributed by atoms with van der Waals surface area (Å²) in [6.07, 6.45) is 3.96. The molecule has 0 aliphatic heterocycles. The first-order valence-electron chi connectivity index (χ1n) is 5.81. The Morgan fingerprint density at radius 2 is 2.47 bits per heavy atom. The maximum atomic E-state index is 10.9. The number of aliphatic carboxylic acids is 1. The standard InChI is InChI=1S/C11H17N3O3/c1-17-5-4-14-7-12-13-10(14)8-2-3-9(6-8)11(15)16/h7-9H,2-6H2,1H3,(H,15,16). The molecule has 2 unspecified atom stereocenters. The zero-order valence-corrected chi connectivity index (χ0v) is 9.87. The number of hydrogen-bond donors (Lipinski definition) is 1. The third kappa shape index (κ3) is 2.63. The largest absolute Gasteiger partial charge is 0.481 e. The SMILES string of the molecule is COCCn1cnnc1C1CCC(C(=O)O)C1. The molecule has 0 spiro atoms. The van der Waals surface area contributed by atoms with Crippen molar-refractivity contribution in [2.24, 2.45) is 5.92 Å². The molecule has 0 amide bonds. The van der Waals surface area contributed by atoms with Gasteiger partial charge >= 0.3 is 5.97 Å². The highest BCUT2D eigenvalue weighted by Crippen LogP contribution is 2.37. The molecule has 1 aliphatic carbocycles. The highest BCUT2D eigenvalue weighted by molar-refractivity contribution is 5.70. The van der Waals surface area contributed by atoms with Crippen LogP contribution in [0, 0.1) is 5.92 Å². The predicted molar refractivity (Wildman–Crippen MR) is 59.6 cm³/mol. The van der Waals surface area contributed by atoms with Crippen LogP contribution in [0.25, 0.3) is 0 Å². The first kappa shape index (κ1) is 12.0. The fraction of sp³-hybridized carbons (Fsp3) is 0.727. The molecule has 17 heavy (non-hydrogen) atoms. The third-order valence-electron chi connectivity index (χ3n) is 3.33. The van der Waals surface area contributed by atoms with Crippen LogP contribution < -0.4 is 0 Å². The van der Waals surface area contributed by atoms with Gasteiger partial charge in [0.1, 0.15) is 12.2 Å². The average Bonchev–Trinajstić information content (AvgIpc) is 2.94. The van der Waals surface area contributed by atoms with E-state index in [1.807, 2.05) is 4.57 Å². The van der Waals surface area contributed by atoms with Crippen molar-refractivity contribution in [2.45, 2.75) is 31.7 Å². The summed E-state index contributed by atoms with van der Waals surface area (Å²) in [6, 6.07) is 0. The van der Waals surface area contributed by atoms with Gasteiger partial charge in [-0.3, -0.25) is 4.79 Å². The molecule has 1 fully saturated rings. The topological polar surface area (TPSA) is 77.2 Å². The molecule has 0 bridgehead atoms. The van der Waals surface area contributed by atoms with Crippen LogP contribution in [0.3, 0.4) is 0 Å². The van der Waals surface area contributed by atoms with Gasteiger partial charge in [-0.15, -0.1) is 10.2 Å². The second-order valence-corrected chi connectivity index (χ2v) is 4.42. The summed E-state index contributed by atoms with van der Waals surface area (Å²) in [7, 11) is 1.65. The Bertz CT molecular complexity index is 391. The van der Waals surface area contributed by atoms with E-state index in [0.717, 1.165) is 18.7 Å². The average molecular weight is 239 g/mol. The highest BCUT2D eigenvalue weighted by atomic mass is 16.5. The number of ether oxygens (including phenoxy) is 1. The zero-order valence-electron chi connectivity index (χ0n) is 9.87. The second kappa shape index (κ2) is 5.27. The molecular formula is C11H17N3O3. The first-order valence-corrected chi connectivity index (χ1v) is 5.81. The Hall–Kier alpha value is -1.43. The molecule has 1 aliphatic rings. The number of carbonyl (C=O) groups is 1. The van der Waals surface area contributed by atoms with Crippen molar-refractivity contribution in [1.29, 1.82) is 0 Å². The minimum absolute atomic E-state index is 0.218. The molecule has 1 saturated carbocycles. The highest BCUT2D eigenvalue weighted by Gasteiger charge is 2.33. The molecule has 2 atom stereocenters. The van der Waals surface area contributed by atoms with Crippen LogP contribution in [0.5, 0.6) is 0 Å². The summed E-state index contributed by atoms with van der Waals surface area (Å²) in [5, 5.41) is 17.0. The van der Waals surface area contributed by atoms with Crippen molar-refractivity contribution < 1.29 is 14.6 Å². The Kier molecular flexibility index (Phi) is 3.73. The van der Waals surface area contributed by atoms with Gasteiger partial charge in [0.2, 0.25) is 0 Å². The van der Waals surface area contributed by atoms with Crippen molar-refractivity contribution in [3.63, 3.8) is 0 Å². The smallest absolute Gasteiger partial charge is 0.306 e. The van der Waals surface area contributed by atoms with Crippen LogP contribution in [0.4, 0.5) is 0 Å². The molecule has 6 nitrogen and oxygen atoms in total. The van der Waals surface area contributed by atoms with Crippen LogP contribution in [-0.2, 0) is 16.1 Å². The van der Waals surface area contributed by atoms with Crippen LogP contribution in [0.1, 0.15) is 31.0 Å². The predicted octanol–water partition coefficient (Wildman–Crippen LogP) is 0.893. The third-order valence-corrected chi connectivity index (χ3v) is 3.33. The molecule has 2 rings (SSSR count). The Labute approximate surface area is 99.6 Å². The normalized spacial score (nSPS) is 24.1. The van der Waals surface area contributed by atoms with Gasteiger partial charge in [-0.2, -0.15) is 0 Å². The van der Waals surface area contributed by atoms with Crippen molar-refractivity contribution in [1.82, 2.24) is 14.8 Å². The quantitative estimate of drug-likeness (QED) is 0.825. The van der Waals surface area contributed by atoms with Gasteiger partial charge in [0, 0.05) is 19.6 Å². The molecule has 1 heterocycles. The van der Waals surface area contributed by atoms with Gasteiger partial charge in [0.05, 0.1) is 12.5 Å². The Morgan fingerprint density at radius 1 is 1.65 bits per heavy atom. The summed E-state index contributed by atoms with van der Waals surface area (Å²) in [4.78, 5) is 10.9. The maximum Gasteiger partial charge on any atom is 0.306 e. The molecule has 1 aromatic heterocycles. The lowest BCUT2D eigenvalue weighted by atomic mass is 10.0. The van der Waals surface area contributed by atoms with Crippen molar-refractivity contribution in [2.75, 3.05) is 13.7 Å². The molecule has 1 N–H and O–H groups in total. The molecule has 1 aromatic rings. The summed E-state index contributed by atoms with van der Waals surface area (Å²) in [5.74, 6) is 0.185. The van der Waals surface area contributed by atoms with Gasteiger partial charge in [-0.25, -0.2) is 0 Å². The summed E-state index contributed by atoms with van der Waals surface area (Å²) < 4.78 is 6.98. The molecular weight excluding hydrogens is 222 g/mol. The molecule has 0 radical (unpaired) electrons. The zero-order chi connectivity index (χ0) is 12.3. The monoisotopic (exact) mass is 239 g/mol. The minimum Gasteiger partial charge on any atom is -0.481 e. The van der Waals surface area contributed by atoms with Crippen molar-refractivity contribution >= 4 is 5.97 Å². The van der Waals surface area contributed by atoms with E-state index in [1.54, 1.807) is 13.4 Å². The van der Waals surface area contributed by atoms with E-state index in [9.17, 15) is 4.79 Å². The summed E-state index contributed by atoms with van der Waals surface area (Å²) in [5.41, 5.74) is 0. The number of carboxylic acids is 1. The molecule has 94 valence electrons. The van der Waals surface area contributed by atoms with Crippen molar-refractivity contribution in [3.05, 3.63) is 12.2 Å². The lowest BCUT2D eigenvalue weighted by molar-refractivity contribution is -0.141. The fourth-order valence-electron chi connectivity index (χ4n) is 2.38. The second-order valence-electron chi connectivity index (χ2n) is 4.42. The van der Waals surface area contributed by atoms with Crippen LogP contribution in [0.15, 0.2) is 6.33 Å². The van der Waals surface area contributed by atoms with Gasteiger partial charge in [-0.05, 0) is 19.3 Å². The molecule has 0 saturated heterocycles. The van der Waals surface area contributed by atoms with E-state index < -0.39 is 5.97 Å². The summed E-state index contributed by atoms with van der Waals surface area (Å²) >= 11 is 0. The Morgan fingerprint density at radius 3 is 3.12 bits per heavy atom. The van der Waals surface area contributed by atoms with Crippen molar-refractivity contribution in [3.8, 4) is 0 Å². The fourth-order valence-corrected chi connectivity index (χ4v) is 2.38. The van der Waals surface area contributed by atoms with E-state index >= 15 is 0 Å². The number of rotatable bonds is 5. The van der Waals surface area contributed by atoms with Crippen LogP contribution >= 0.6 is 0 Å². The van der Waals surface area contributed by atoms with E-state index in [2.05, 4.69) is 10.2 Å². The molecule has 6 heteroatoms. The number of methoxy groups -OCH3 is 1.